The second kappa shape index (κ2) is 12.2. The second-order valence-corrected chi connectivity index (χ2v) is 7.68. The number of rotatable bonds is 8. The van der Waals surface area contributed by atoms with Crippen molar-refractivity contribution in [3.8, 4) is 11.5 Å². The normalized spacial score (nSPS) is 16.0. The van der Waals surface area contributed by atoms with Crippen LogP contribution in [0.1, 0.15) is 35.7 Å². The van der Waals surface area contributed by atoms with Crippen LogP contribution in [0.3, 0.4) is 0 Å². The van der Waals surface area contributed by atoms with Crippen molar-refractivity contribution in [3.63, 3.8) is 0 Å². The number of carbonyl (C=O) groups excluding carboxylic acids is 2. The minimum Gasteiger partial charge on any atom is -0.493 e. The van der Waals surface area contributed by atoms with Gasteiger partial charge < -0.3 is 25.8 Å². The zero-order valence-electron chi connectivity index (χ0n) is 20.1. The van der Waals surface area contributed by atoms with Gasteiger partial charge in [0.1, 0.15) is 0 Å². The van der Waals surface area contributed by atoms with Gasteiger partial charge in [0.2, 0.25) is 0 Å². The Labute approximate surface area is 205 Å². The van der Waals surface area contributed by atoms with Crippen molar-refractivity contribution in [2.45, 2.75) is 19.8 Å². The molecule has 2 aromatic rings. The van der Waals surface area contributed by atoms with Crippen molar-refractivity contribution in [1.29, 1.82) is 0 Å². The maximum absolute atomic E-state index is 12.7. The molecule has 0 atom stereocenters. The third kappa shape index (κ3) is 6.83. The van der Waals surface area contributed by atoms with E-state index >= 15 is 0 Å². The molecular formula is C27H30N4O4. The molecule has 0 aliphatic carbocycles. The predicted molar refractivity (Wildman–Crippen MR) is 139 cm³/mol. The zero-order chi connectivity index (χ0) is 25.2. The predicted octanol–water partition coefficient (Wildman–Crippen LogP) is 4.07. The van der Waals surface area contributed by atoms with E-state index in [2.05, 4.69) is 10.6 Å². The Morgan fingerprint density at radius 3 is 2.51 bits per heavy atom. The molecule has 3 rings (SSSR count). The first kappa shape index (κ1) is 25.3. The van der Waals surface area contributed by atoms with Gasteiger partial charge in [-0.2, -0.15) is 0 Å². The van der Waals surface area contributed by atoms with Crippen LogP contribution in [0.5, 0.6) is 11.5 Å². The number of amides is 2. The van der Waals surface area contributed by atoms with Gasteiger partial charge in [0.25, 0.3) is 11.8 Å². The Morgan fingerprint density at radius 1 is 1.09 bits per heavy atom. The molecule has 4 N–H and O–H groups in total. The highest BCUT2D eigenvalue weighted by Gasteiger charge is 2.12. The number of nitrogens with one attached hydrogen (secondary N) is 2. The fourth-order valence-corrected chi connectivity index (χ4v) is 3.41. The summed E-state index contributed by atoms with van der Waals surface area (Å²) >= 11 is 0. The van der Waals surface area contributed by atoms with E-state index in [-0.39, 0.29) is 11.6 Å². The number of allylic oxidation sites excluding steroid dienone is 4. The van der Waals surface area contributed by atoms with Gasteiger partial charge in [-0.1, -0.05) is 12.2 Å². The lowest BCUT2D eigenvalue weighted by atomic mass is 10.1. The number of methoxy groups -OCH3 is 2. The highest BCUT2D eigenvalue weighted by Crippen LogP contribution is 2.31. The quantitative estimate of drug-likeness (QED) is 0.499. The first-order valence-corrected chi connectivity index (χ1v) is 11.3. The number of aliphatic imine (C=N–C) groups is 1. The molecule has 1 aliphatic rings. The number of hydrogen-bond acceptors (Lipinski definition) is 6. The summed E-state index contributed by atoms with van der Waals surface area (Å²) in [5.41, 5.74) is 9.41. The molecule has 1 heterocycles. The number of nitrogens with zero attached hydrogens (tertiary/aromatic N) is 1. The van der Waals surface area contributed by atoms with Gasteiger partial charge >= 0.3 is 0 Å². The van der Waals surface area contributed by atoms with Crippen LogP contribution in [0.4, 0.5) is 5.69 Å². The van der Waals surface area contributed by atoms with Crippen LogP contribution in [0, 0.1) is 0 Å². The molecule has 0 fully saturated rings. The van der Waals surface area contributed by atoms with E-state index in [0.29, 0.717) is 47.1 Å². The fraction of sp³-hybridized carbons (Fsp3) is 0.222. The van der Waals surface area contributed by atoms with E-state index in [4.69, 9.17) is 20.2 Å². The van der Waals surface area contributed by atoms with Crippen LogP contribution in [0.2, 0.25) is 0 Å². The zero-order valence-corrected chi connectivity index (χ0v) is 20.1. The topological polar surface area (TPSA) is 115 Å². The third-order valence-corrected chi connectivity index (χ3v) is 5.23. The van der Waals surface area contributed by atoms with Crippen LogP contribution in [-0.4, -0.2) is 38.3 Å². The Balaban J connectivity index is 1.78. The molecule has 0 saturated carbocycles. The third-order valence-electron chi connectivity index (χ3n) is 5.23. The summed E-state index contributed by atoms with van der Waals surface area (Å²) < 4.78 is 10.7. The number of nitrogens with two attached hydrogens (primary N) is 1. The van der Waals surface area contributed by atoms with Crippen molar-refractivity contribution in [3.05, 3.63) is 83.6 Å². The van der Waals surface area contributed by atoms with Gasteiger partial charge in [-0.05, 0) is 74.4 Å². The number of hydrogen-bond donors (Lipinski definition) is 3. The minimum absolute atomic E-state index is 0.0350. The lowest BCUT2D eigenvalue weighted by Gasteiger charge is -2.12. The number of anilines is 1. The molecule has 0 bridgehead atoms. The summed E-state index contributed by atoms with van der Waals surface area (Å²) in [4.78, 5) is 29.3. The summed E-state index contributed by atoms with van der Waals surface area (Å²) in [6, 6.07) is 12.2. The molecule has 0 unspecified atom stereocenters. The average Bonchev–Trinajstić information content (AvgIpc) is 2.85. The molecule has 182 valence electrons. The molecule has 2 amide bonds. The molecule has 35 heavy (non-hydrogen) atoms. The lowest BCUT2D eigenvalue weighted by Crippen LogP contribution is -2.23. The standard InChI is InChI=1S/C27H30N4O4/c1-4-29-26(32)18-10-13-20(14-11-18)31-27(33)22(28)17-21-8-6-5-7-9-23(30-21)19-12-15-24(34-2)25(16-19)35-3/h5,7,9-17H,4,6,8,28H2,1-3H3,(H,29,32)(H,31,33)/b7-5-,22-17?,23-9-,30-21?. The fourth-order valence-electron chi connectivity index (χ4n) is 3.41. The number of carbonyl (C=O) groups is 2. The van der Waals surface area contributed by atoms with E-state index in [1.54, 1.807) is 44.6 Å². The van der Waals surface area contributed by atoms with Gasteiger partial charge in [0, 0.05) is 29.1 Å². The molecule has 8 nitrogen and oxygen atoms in total. The molecule has 0 aromatic heterocycles. The number of ether oxygens (including phenoxy) is 2. The first-order valence-electron chi connectivity index (χ1n) is 11.3. The Hall–Kier alpha value is -4.33. The van der Waals surface area contributed by atoms with Gasteiger partial charge in [-0.15, -0.1) is 0 Å². The van der Waals surface area contributed by atoms with Crippen molar-refractivity contribution < 1.29 is 19.1 Å². The second-order valence-electron chi connectivity index (χ2n) is 7.68. The van der Waals surface area contributed by atoms with Crippen molar-refractivity contribution in [2.24, 2.45) is 10.7 Å². The smallest absolute Gasteiger partial charge is 0.271 e. The van der Waals surface area contributed by atoms with Crippen molar-refractivity contribution in [1.82, 2.24) is 5.32 Å². The van der Waals surface area contributed by atoms with Gasteiger partial charge in [-0.3, -0.25) is 14.6 Å². The summed E-state index contributed by atoms with van der Waals surface area (Å²) in [5.74, 6) is 0.607. The van der Waals surface area contributed by atoms with Gasteiger partial charge in [0.15, 0.2) is 11.5 Å². The summed E-state index contributed by atoms with van der Waals surface area (Å²) in [6.07, 6.45) is 8.87. The molecular weight excluding hydrogens is 444 g/mol. The maximum Gasteiger partial charge on any atom is 0.271 e. The Kier molecular flexibility index (Phi) is 8.83. The molecule has 1 aliphatic heterocycles. The highest BCUT2D eigenvalue weighted by molar-refractivity contribution is 6.09. The molecule has 0 radical (unpaired) electrons. The molecule has 8 heteroatoms. The molecule has 0 saturated heterocycles. The van der Waals surface area contributed by atoms with E-state index < -0.39 is 5.91 Å². The minimum atomic E-state index is -0.451. The lowest BCUT2D eigenvalue weighted by molar-refractivity contribution is -0.112. The average molecular weight is 475 g/mol. The Bertz CT molecular complexity index is 1190. The maximum atomic E-state index is 12.7. The number of benzene rings is 2. The van der Waals surface area contributed by atoms with E-state index in [1.165, 1.54) is 0 Å². The summed E-state index contributed by atoms with van der Waals surface area (Å²) in [5, 5.41) is 5.48. The largest absolute Gasteiger partial charge is 0.493 e. The monoisotopic (exact) mass is 474 g/mol. The molecule has 0 spiro atoms. The van der Waals surface area contributed by atoms with Crippen LogP contribution in [-0.2, 0) is 4.79 Å². The highest BCUT2D eigenvalue weighted by atomic mass is 16.5. The van der Waals surface area contributed by atoms with Crippen LogP contribution >= 0.6 is 0 Å². The Morgan fingerprint density at radius 2 is 1.83 bits per heavy atom. The summed E-state index contributed by atoms with van der Waals surface area (Å²) in [6.45, 7) is 2.39. The summed E-state index contributed by atoms with van der Waals surface area (Å²) in [7, 11) is 3.17. The molecule has 2 aromatic carbocycles. The van der Waals surface area contributed by atoms with Gasteiger partial charge in [0.05, 0.1) is 25.6 Å². The van der Waals surface area contributed by atoms with Gasteiger partial charge in [-0.25, -0.2) is 0 Å². The van der Waals surface area contributed by atoms with E-state index in [0.717, 1.165) is 12.0 Å². The van der Waals surface area contributed by atoms with Crippen LogP contribution in [0.15, 0.2) is 77.5 Å². The van der Waals surface area contributed by atoms with Crippen molar-refractivity contribution >= 4 is 28.9 Å². The SMILES string of the molecule is CCNC(=O)c1ccc(NC(=O)C(N)=CC2=N/C(c3ccc(OC)c(OC)c3)=C\C=C/CC2)cc1. The van der Waals surface area contributed by atoms with Crippen LogP contribution in [0.25, 0.3) is 5.70 Å². The van der Waals surface area contributed by atoms with Crippen LogP contribution < -0.4 is 25.8 Å². The van der Waals surface area contributed by atoms with E-state index in [1.807, 2.05) is 43.4 Å². The van der Waals surface area contributed by atoms with Crippen molar-refractivity contribution in [2.75, 3.05) is 26.1 Å². The first-order chi connectivity index (χ1) is 16.9. The van der Waals surface area contributed by atoms with E-state index in [9.17, 15) is 9.59 Å².